The number of Topliss-reactive ketones (excluding diaryl/α,β-unsaturated/α-hetero) is 1. The fourth-order valence-corrected chi connectivity index (χ4v) is 3.36. The number of halogens is 1. The number of ether oxygens (including phenoxy) is 1. The Hall–Kier alpha value is -2.34. The van der Waals surface area contributed by atoms with Crippen molar-refractivity contribution in [3.8, 4) is 5.75 Å². The first-order valence-electron chi connectivity index (χ1n) is 7.05. The van der Waals surface area contributed by atoms with Gasteiger partial charge < -0.3 is 16.2 Å². The van der Waals surface area contributed by atoms with E-state index in [0.29, 0.717) is 11.3 Å². The van der Waals surface area contributed by atoms with Crippen molar-refractivity contribution >= 4 is 33.3 Å². The third-order valence-corrected chi connectivity index (χ3v) is 4.32. The molecule has 0 bridgehead atoms. The molecule has 4 N–H and O–H groups in total. The van der Waals surface area contributed by atoms with Crippen molar-refractivity contribution < 1.29 is 14.3 Å². The molecule has 5 nitrogen and oxygen atoms in total. The molecule has 2 aromatic carbocycles. The summed E-state index contributed by atoms with van der Waals surface area (Å²) in [5, 5.41) is 0. The Morgan fingerprint density at radius 2 is 1.91 bits per heavy atom. The number of benzene rings is 2. The lowest BCUT2D eigenvalue weighted by Gasteiger charge is -2.09. The van der Waals surface area contributed by atoms with E-state index in [2.05, 4.69) is 21.7 Å². The van der Waals surface area contributed by atoms with Gasteiger partial charge in [0.1, 0.15) is 11.9 Å². The third kappa shape index (κ3) is 2.59. The van der Waals surface area contributed by atoms with Gasteiger partial charge in [0.15, 0.2) is 5.78 Å². The first-order valence-corrected chi connectivity index (χ1v) is 7.84. The van der Waals surface area contributed by atoms with Crippen LogP contribution in [0.15, 0.2) is 40.9 Å². The average molecular weight is 375 g/mol. The number of rotatable bonds is 0. The maximum Gasteiger partial charge on any atom is 0.214 e. The van der Waals surface area contributed by atoms with Crippen molar-refractivity contribution in [1.82, 2.24) is 0 Å². The zero-order chi connectivity index (χ0) is 16.7. The van der Waals surface area contributed by atoms with Crippen LogP contribution in [0.1, 0.15) is 40.4 Å². The molecule has 4 rings (SSSR count). The van der Waals surface area contributed by atoms with Crippen molar-refractivity contribution in [2.24, 2.45) is 5.73 Å². The van der Waals surface area contributed by atoms with Crippen molar-refractivity contribution in [2.75, 3.05) is 5.73 Å². The summed E-state index contributed by atoms with van der Waals surface area (Å²) in [6.45, 7) is 1.31. The summed E-state index contributed by atoms with van der Waals surface area (Å²) >= 11 is 3.42. The molecule has 6 heteroatoms. The van der Waals surface area contributed by atoms with E-state index in [1.54, 1.807) is 6.07 Å². The second kappa shape index (κ2) is 5.70. The largest absolute Gasteiger partial charge is 0.484 e. The minimum Gasteiger partial charge on any atom is -0.484 e. The van der Waals surface area contributed by atoms with Crippen LogP contribution in [0.2, 0.25) is 0 Å². The molecule has 0 radical (unpaired) electrons. The van der Waals surface area contributed by atoms with Crippen LogP contribution in [0.4, 0.5) is 5.69 Å². The summed E-state index contributed by atoms with van der Waals surface area (Å²) in [5.41, 5.74) is 13.4. The fraction of sp³-hybridized carbons (Fsp3) is 0.176. The number of carbonyl (C=O) groups is 2. The number of hydrogen-bond acceptors (Lipinski definition) is 4. The normalized spacial score (nSPS) is 19.8. The second-order valence-electron chi connectivity index (χ2n) is 5.48. The second-order valence-corrected chi connectivity index (χ2v) is 6.40. The maximum absolute atomic E-state index is 12.6. The number of ketones is 1. The Balaban J connectivity index is 0.000000354. The Labute approximate surface area is 141 Å². The van der Waals surface area contributed by atoms with Crippen LogP contribution in [0.25, 0.3) is 0 Å². The van der Waals surface area contributed by atoms with Gasteiger partial charge in [0.05, 0.1) is 5.92 Å². The van der Waals surface area contributed by atoms with Crippen LogP contribution in [0.5, 0.6) is 5.75 Å². The maximum atomic E-state index is 12.6. The van der Waals surface area contributed by atoms with Crippen LogP contribution in [-0.2, 0) is 4.79 Å². The van der Waals surface area contributed by atoms with Gasteiger partial charge in [-0.05, 0) is 18.2 Å². The number of carbonyl (C=O) groups excluding carboxylic acids is 2. The molecule has 118 valence electrons. The molecule has 0 saturated heterocycles. The number of amides is 1. The lowest BCUT2D eigenvalue weighted by molar-refractivity contribution is -0.115. The molecule has 1 heterocycles. The van der Waals surface area contributed by atoms with E-state index in [1.807, 2.05) is 30.3 Å². The van der Waals surface area contributed by atoms with Gasteiger partial charge in [0.2, 0.25) is 5.91 Å². The van der Waals surface area contributed by atoms with Crippen LogP contribution < -0.4 is 16.2 Å². The average Bonchev–Trinajstić information content (AvgIpc) is 2.95. The summed E-state index contributed by atoms with van der Waals surface area (Å²) in [7, 11) is 0. The van der Waals surface area contributed by atoms with Crippen molar-refractivity contribution in [3.05, 3.63) is 57.6 Å². The molecule has 1 aliphatic carbocycles. The summed E-state index contributed by atoms with van der Waals surface area (Å²) in [4.78, 5) is 21.8. The van der Waals surface area contributed by atoms with Gasteiger partial charge in [0, 0.05) is 33.8 Å². The molecule has 0 saturated carbocycles. The Morgan fingerprint density at radius 3 is 2.61 bits per heavy atom. The molecule has 2 aromatic rings. The number of primary amides is 1. The summed E-state index contributed by atoms with van der Waals surface area (Å²) in [6.07, 6.45) is -0.227. The fourth-order valence-electron chi connectivity index (χ4n) is 3.02. The smallest absolute Gasteiger partial charge is 0.214 e. The molecule has 1 aliphatic heterocycles. The van der Waals surface area contributed by atoms with Crippen molar-refractivity contribution in [1.29, 1.82) is 0 Å². The Bertz CT molecular complexity index is 815. The molecular weight excluding hydrogens is 360 g/mol. The number of nitrogens with two attached hydrogens (primary N) is 2. The molecule has 23 heavy (non-hydrogen) atoms. The summed E-state index contributed by atoms with van der Waals surface area (Å²) < 4.78 is 6.91. The van der Waals surface area contributed by atoms with Crippen LogP contribution >= 0.6 is 15.9 Å². The third-order valence-electron chi connectivity index (χ3n) is 3.83. The van der Waals surface area contributed by atoms with Gasteiger partial charge in [-0.25, -0.2) is 0 Å². The highest BCUT2D eigenvalue weighted by Crippen LogP contribution is 2.54. The van der Waals surface area contributed by atoms with E-state index in [9.17, 15) is 9.59 Å². The standard InChI is InChI=1S/C15H10BrNO2.C2H5NO/c16-7-4-5-8-11(6-7)19-15-9-2-1-3-10(17)12(9)14(18)13(8)15;1-2(3)4/h1-6,13,15H,17H2;1H3,(H2,3,4). The van der Waals surface area contributed by atoms with Crippen molar-refractivity contribution in [3.63, 3.8) is 0 Å². The van der Waals surface area contributed by atoms with Crippen molar-refractivity contribution in [2.45, 2.75) is 18.9 Å². The van der Waals surface area contributed by atoms with E-state index in [0.717, 1.165) is 21.3 Å². The highest BCUT2D eigenvalue weighted by Gasteiger charge is 2.48. The van der Waals surface area contributed by atoms with Gasteiger partial charge in [-0.3, -0.25) is 9.59 Å². The number of nitrogen functional groups attached to an aromatic ring is 1. The van der Waals surface area contributed by atoms with Gasteiger partial charge in [-0.15, -0.1) is 0 Å². The Morgan fingerprint density at radius 1 is 1.22 bits per heavy atom. The minimum absolute atomic E-state index is 0.0687. The predicted octanol–water partition coefficient (Wildman–Crippen LogP) is 2.94. The number of fused-ring (bicyclic) bond motifs is 5. The monoisotopic (exact) mass is 374 g/mol. The zero-order valence-electron chi connectivity index (χ0n) is 12.4. The molecular formula is C17H15BrN2O3. The molecule has 2 unspecified atom stereocenters. The lowest BCUT2D eigenvalue weighted by Crippen LogP contribution is -2.08. The van der Waals surface area contributed by atoms with Gasteiger partial charge >= 0.3 is 0 Å². The first-order chi connectivity index (χ1) is 10.9. The molecule has 0 fully saturated rings. The molecule has 2 aliphatic rings. The van der Waals surface area contributed by atoms with Crippen LogP contribution in [0.3, 0.4) is 0 Å². The topological polar surface area (TPSA) is 95.4 Å². The first kappa shape index (κ1) is 15.6. The van der Waals surface area contributed by atoms with Crippen LogP contribution in [0, 0.1) is 0 Å². The van der Waals surface area contributed by atoms with E-state index in [-0.39, 0.29) is 23.7 Å². The molecule has 0 aromatic heterocycles. The van der Waals surface area contributed by atoms with Gasteiger partial charge in [0.25, 0.3) is 0 Å². The highest BCUT2D eigenvalue weighted by molar-refractivity contribution is 9.10. The summed E-state index contributed by atoms with van der Waals surface area (Å²) in [5.74, 6) is 0.271. The minimum atomic E-state index is -0.333. The van der Waals surface area contributed by atoms with E-state index < -0.39 is 0 Å². The quantitative estimate of drug-likeness (QED) is 0.692. The Kier molecular flexibility index (Phi) is 3.85. The SMILES string of the molecule is CC(N)=O.Nc1cccc2c1C(=O)C1c3ccc(Br)cc3OC21. The molecule has 2 atom stereocenters. The number of anilines is 1. The molecule has 1 amide bonds. The van der Waals surface area contributed by atoms with E-state index >= 15 is 0 Å². The van der Waals surface area contributed by atoms with E-state index in [1.165, 1.54) is 6.92 Å². The van der Waals surface area contributed by atoms with E-state index in [4.69, 9.17) is 10.5 Å². The highest BCUT2D eigenvalue weighted by atomic mass is 79.9. The molecule has 0 spiro atoms. The predicted molar refractivity (Wildman–Crippen MR) is 90.3 cm³/mol. The number of hydrogen-bond donors (Lipinski definition) is 2. The lowest BCUT2D eigenvalue weighted by atomic mass is 9.95. The van der Waals surface area contributed by atoms with Gasteiger partial charge in [-0.2, -0.15) is 0 Å². The zero-order valence-corrected chi connectivity index (χ0v) is 14.0. The van der Waals surface area contributed by atoms with Crippen LogP contribution in [-0.4, -0.2) is 11.7 Å². The van der Waals surface area contributed by atoms with Gasteiger partial charge in [-0.1, -0.05) is 34.1 Å². The summed E-state index contributed by atoms with van der Waals surface area (Å²) in [6, 6.07) is 11.3.